The van der Waals surface area contributed by atoms with E-state index in [-0.39, 0.29) is 23.7 Å². The van der Waals surface area contributed by atoms with Crippen LogP contribution < -0.4 is 10.5 Å². The third-order valence-electron chi connectivity index (χ3n) is 6.47. The average Bonchev–Trinajstić information content (AvgIpc) is 3.06. The summed E-state index contributed by atoms with van der Waals surface area (Å²) < 4.78 is 16.1. The van der Waals surface area contributed by atoms with E-state index in [9.17, 15) is 18.8 Å². The largest absolute Gasteiger partial charge is 0.366 e. The predicted octanol–water partition coefficient (Wildman–Crippen LogP) is 2.50. The number of hydrogen-bond acceptors (Lipinski definition) is 5. The maximum absolute atomic E-state index is 14.5. The Labute approximate surface area is 191 Å². The first kappa shape index (κ1) is 22.7. The molecule has 1 fully saturated rings. The number of nitrogens with one attached hydrogen (secondary N) is 1. The molecule has 4 rings (SSSR count). The summed E-state index contributed by atoms with van der Waals surface area (Å²) in [4.78, 5) is 43.4. The second-order valence-corrected chi connectivity index (χ2v) is 8.58. The highest BCUT2D eigenvalue weighted by Gasteiger charge is 2.24. The standard InChI is InChI=1S/C24H28FN5O3/c1-14-18(24(33)26-23-22(14)15(2)27-28(23)4)6-8-21(32)30-11-9-29(10-12-30)20-7-5-17(16(3)31)13-19(20)25/h5,7,13H,6,8-12H2,1-4H3,(H,26,33). The van der Waals surface area contributed by atoms with Gasteiger partial charge >= 0.3 is 0 Å². The van der Waals surface area contributed by atoms with Crippen molar-refractivity contribution in [2.45, 2.75) is 33.6 Å². The molecule has 0 radical (unpaired) electrons. The highest BCUT2D eigenvalue weighted by Crippen LogP contribution is 2.24. The normalized spacial score (nSPS) is 14.2. The molecule has 1 aromatic carbocycles. The Hall–Kier alpha value is -3.49. The number of fused-ring (bicyclic) bond motifs is 1. The van der Waals surface area contributed by atoms with E-state index in [0.717, 1.165) is 16.6 Å². The molecule has 3 heterocycles. The van der Waals surface area contributed by atoms with Crippen LogP contribution in [0.3, 0.4) is 0 Å². The van der Waals surface area contributed by atoms with Crippen LogP contribution in [0.25, 0.3) is 11.0 Å². The van der Waals surface area contributed by atoms with Crippen LogP contribution in [0.15, 0.2) is 23.0 Å². The molecule has 174 valence electrons. The zero-order chi connectivity index (χ0) is 23.9. The molecule has 33 heavy (non-hydrogen) atoms. The summed E-state index contributed by atoms with van der Waals surface area (Å²) in [6.45, 7) is 7.16. The van der Waals surface area contributed by atoms with Gasteiger partial charge in [-0.2, -0.15) is 5.10 Å². The number of carbonyl (C=O) groups is 2. The molecule has 0 spiro atoms. The lowest BCUT2D eigenvalue weighted by Gasteiger charge is -2.36. The number of anilines is 1. The third kappa shape index (κ3) is 4.27. The summed E-state index contributed by atoms with van der Waals surface area (Å²) in [5.74, 6) is -0.634. The Morgan fingerprint density at radius 1 is 1.15 bits per heavy atom. The molecule has 3 aromatic rings. The SMILES string of the molecule is CC(=O)c1ccc(N2CCN(C(=O)CCc3c(C)c4c(C)nn(C)c4[nH]c3=O)CC2)c(F)c1. The number of ketones is 1. The van der Waals surface area contributed by atoms with Gasteiger partial charge in [0.15, 0.2) is 5.78 Å². The van der Waals surface area contributed by atoms with E-state index >= 15 is 0 Å². The minimum absolute atomic E-state index is 0.0242. The molecule has 1 amide bonds. The Morgan fingerprint density at radius 2 is 1.85 bits per heavy atom. The van der Waals surface area contributed by atoms with Crippen LogP contribution in [0.2, 0.25) is 0 Å². The lowest BCUT2D eigenvalue weighted by molar-refractivity contribution is -0.131. The van der Waals surface area contributed by atoms with Crippen molar-refractivity contribution >= 4 is 28.4 Å². The van der Waals surface area contributed by atoms with Gasteiger partial charge in [0.2, 0.25) is 5.91 Å². The van der Waals surface area contributed by atoms with Gasteiger partial charge in [0.25, 0.3) is 5.56 Å². The van der Waals surface area contributed by atoms with Crippen LogP contribution in [0.1, 0.15) is 40.5 Å². The average molecular weight is 454 g/mol. The highest BCUT2D eigenvalue weighted by atomic mass is 19.1. The molecule has 0 bridgehead atoms. The Kier molecular flexibility index (Phi) is 6.05. The summed E-state index contributed by atoms with van der Waals surface area (Å²) in [5, 5.41) is 5.30. The van der Waals surface area contributed by atoms with Crippen molar-refractivity contribution in [3.63, 3.8) is 0 Å². The molecular formula is C24H28FN5O3. The van der Waals surface area contributed by atoms with Crippen molar-refractivity contribution in [1.29, 1.82) is 0 Å². The van der Waals surface area contributed by atoms with Crippen molar-refractivity contribution in [2.75, 3.05) is 31.1 Å². The lowest BCUT2D eigenvalue weighted by Crippen LogP contribution is -2.49. The lowest BCUT2D eigenvalue weighted by atomic mass is 10.0. The van der Waals surface area contributed by atoms with Gasteiger partial charge in [-0.25, -0.2) is 4.39 Å². The fourth-order valence-electron chi connectivity index (χ4n) is 4.62. The zero-order valence-electron chi connectivity index (χ0n) is 19.4. The Bertz CT molecular complexity index is 1300. The smallest absolute Gasteiger partial charge is 0.253 e. The minimum Gasteiger partial charge on any atom is -0.366 e. The molecule has 2 aromatic heterocycles. The Morgan fingerprint density at radius 3 is 2.48 bits per heavy atom. The summed E-state index contributed by atoms with van der Waals surface area (Å²) in [5.41, 5.74) is 3.59. The van der Waals surface area contributed by atoms with Crippen LogP contribution in [0.5, 0.6) is 0 Å². The van der Waals surface area contributed by atoms with Gasteiger partial charge in [0, 0.05) is 56.2 Å². The third-order valence-corrected chi connectivity index (χ3v) is 6.47. The van der Waals surface area contributed by atoms with Crippen molar-refractivity contribution in [1.82, 2.24) is 19.7 Å². The van der Waals surface area contributed by atoms with Gasteiger partial charge < -0.3 is 14.8 Å². The van der Waals surface area contributed by atoms with Gasteiger partial charge in [0.1, 0.15) is 11.5 Å². The second-order valence-electron chi connectivity index (χ2n) is 8.58. The predicted molar refractivity (Wildman–Crippen MR) is 124 cm³/mol. The van der Waals surface area contributed by atoms with Crippen LogP contribution in [0, 0.1) is 19.7 Å². The number of rotatable bonds is 5. The molecule has 0 aliphatic carbocycles. The van der Waals surface area contributed by atoms with E-state index in [4.69, 9.17) is 0 Å². The number of aromatic amines is 1. The number of hydrogen-bond donors (Lipinski definition) is 1. The van der Waals surface area contributed by atoms with E-state index < -0.39 is 5.82 Å². The van der Waals surface area contributed by atoms with E-state index in [1.165, 1.54) is 13.0 Å². The van der Waals surface area contributed by atoms with E-state index in [2.05, 4.69) is 10.1 Å². The van der Waals surface area contributed by atoms with E-state index in [1.54, 1.807) is 28.8 Å². The zero-order valence-corrected chi connectivity index (χ0v) is 19.4. The molecule has 9 heteroatoms. The van der Waals surface area contributed by atoms with Crippen LogP contribution in [-0.2, 0) is 18.3 Å². The topological polar surface area (TPSA) is 91.3 Å². The molecular weight excluding hydrogens is 425 g/mol. The molecule has 0 unspecified atom stereocenters. The minimum atomic E-state index is -0.432. The van der Waals surface area contributed by atoms with Gasteiger partial charge in [0.05, 0.1) is 11.4 Å². The number of nitrogens with zero attached hydrogens (tertiary/aromatic N) is 4. The number of amides is 1. The fraction of sp³-hybridized carbons (Fsp3) is 0.417. The maximum atomic E-state index is 14.5. The quantitative estimate of drug-likeness (QED) is 0.600. The fourth-order valence-corrected chi connectivity index (χ4v) is 4.62. The number of aryl methyl sites for hydroxylation is 3. The molecule has 1 aliphatic rings. The second kappa shape index (κ2) is 8.80. The molecule has 1 aliphatic heterocycles. The summed E-state index contributed by atoms with van der Waals surface area (Å²) in [6.07, 6.45) is 0.585. The van der Waals surface area contributed by atoms with Gasteiger partial charge in [-0.1, -0.05) is 0 Å². The number of aromatic nitrogens is 3. The van der Waals surface area contributed by atoms with Gasteiger partial charge in [-0.05, 0) is 51.0 Å². The van der Waals surface area contributed by atoms with Crippen molar-refractivity contribution < 1.29 is 14.0 Å². The number of piperazine rings is 1. The first-order valence-corrected chi connectivity index (χ1v) is 11.1. The number of carbonyl (C=O) groups excluding carboxylic acids is 2. The van der Waals surface area contributed by atoms with Crippen molar-refractivity contribution in [3.8, 4) is 0 Å². The van der Waals surface area contributed by atoms with E-state index in [0.29, 0.717) is 55.1 Å². The molecule has 1 saturated heterocycles. The molecule has 0 saturated carbocycles. The Balaban J connectivity index is 1.40. The van der Waals surface area contributed by atoms with E-state index in [1.807, 2.05) is 18.7 Å². The number of H-pyrrole nitrogens is 1. The molecule has 8 nitrogen and oxygen atoms in total. The monoisotopic (exact) mass is 453 g/mol. The maximum Gasteiger partial charge on any atom is 0.253 e. The summed E-state index contributed by atoms with van der Waals surface area (Å²) in [6, 6.07) is 4.50. The number of pyridine rings is 1. The van der Waals surface area contributed by atoms with Crippen LogP contribution >= 0.6 is 0 Å². The van der Waals surface area contributed by atoms with Crippen molar-refractivity contribution in [3.05, 3.63) is 56.8 Å². The highest BCUT2D eigenvalue weighted by molar-refractivity contribution is 5.94. The van der Waals surface area contributed by atoms with Crippen LogP contribution in [0.4, 0.5) is 10.1 Å². The first-order chi connectivity index (χ1) is 15.7. The summed E-state index contributed by atoms with van der Waals surface area (Å²) >= 11 is 0. The van der Waals surface area contributed by atoms with Gasteiger partial charge in [-0.15, -0.1) is 0 Å². The van der Waals surface area contributed by atoms with Gasteiger partial charge in [-0.3, -0.25) is 19.1 Å². The molecule has 0 atom stereocenters. The number of halogens is 1. The molecule has 1 N–H and O–H groups in total. The van der Waals surface area contributed by atoms with Crippen LogP contribution in [-0.4, -0.2) is 57.5 Å². The van der Waals surface area contributed by atoms with Crippen molar-refractivity contribution in [2.24, 2.45) is 7.05 Å². The first-order valence-electron chi connectivity index (χ1n) is 11.1. The number of benzene rings is 1. The number of Topliss-reactive ketones (excluding diaryl/α,β-unsaturated/α-hetero) is 1. The summed E-state index contributed by atoms with van der Waals surface area (Å²) in [7, 11) is 1.79.